The number of likely N-dealkylation sites (tertiary alicyclic amines) is 3. The number of halogens is 2. The molecule has 5 aromatic carbocycles. The quantitative estimate of drug-likeness (QED) is 0.143. The van der Waals surface area contributed by atoms with E-state index in [2.05, 4.69) is 49.9 Å². The molecule has 3 fully saturated rings. The standard InChI is InChI=1S/C55H61F2N5O3/c56-47-15-10-38(11-16-47)36-61-49-9-5-4-8-45(49)33-51(61)54(64)59-28-20-40(21-29-59)35-58-26-22-41(23-27-58)44-14-19-50-46(32-44)34-52(62(50)37-39-12-17-48(57)18-13-39)55(65)60-30-24-43(25-31-60)53(63)42-6-2-1-3-7-42/h1-19,32,40-41,43,51-53,63H,20-31,33-37H2. The van der Waals surface area contributed by atoms with Crippen LogP contribution in [0.25, 0.3) is 0 Å². The lowest BCUT2D eigenvalue weighted by molar-refractivity contribution is -0.135. The topological polar surface area (TPSA) is 70.6 Å². The van der Waals surface area contributed by atoms with Crippen LogP contribution < -0.4 is 9.80 Å². The zero-order chi connectivity index (χ0) is 44.4. The van der Waals surface area contributed by atoms with Crippen molar-refractivity contribution in [3.05, 3.63) is 166 Å². The minimum Gasteiger partial charge on any atom is -0.388 e. The fourth-order valence-corrected chi connectivity index (χ4v) is 11.6. The maximum atomic E-state index is 14.4. The van der Waals surface area contributed by atoms with Gasteiger partial charge in [0.15, 0.2) is 0 Å². The highest BCUT2D eigenvalue weighted by Gasteiger charge is 2.40. The van der Waals surface area contributed by atoms with Crippen LogP contribution in [0.1, 0.15) is 83.9 Å². The molecule has 0 bridgehead atoms. The number of aliphatic hydroxyl groups is 1. The molecule has 3 unspecified atom stereocenters. The third kappa shape index (κ3) is 9.43. The summed E-state index contributed by atoms with van der Waals surface area (Å²) in [5, 5.41) is 11.1. The first kappa shape index (κ1) is 43.3. The third-order valence-electron chi connectivity index (χ3n) is 15.3. The number of hydrogen-bond acceptors (Lipinski definition) is 6. The van der Waals surface area contributed by atoms with Crippen LogP contribution in [-0.4, -0.2) is 89.5 Å². The minimum absolute atomic E-state index is 0.116. The van der Waals surface area contributed by atoms with E-state index in [1.54, 1.807) is 0 Å². The van der Waals surface area contributed by atoms with Gasteiger partial charge in [0.25, 0.3) is 0 Å². The SMILES string of the molecule is O=C(C1Cc2ccccc2N1Cc1ccc(F)cc1)N1CCC(CN2CCC(c3ccc4c(c3)CC(C(=O)N3CCC(C(O)c5ccccc5)CC3)N4Cc3ccc(F)cc3)CC2)CC1. The van der Waals surface area contributed by atoms with Crippen LogP contribution in [0.15, 0.2) is 121 Å². The van der Waals surface area contributed by atoms with Crippen LogP contribution in [0.3, 0.4) is 0 Å². The molecule has 5 heterocycles. The molecule has 8 nitrogen and oxygen atoms in total. The lowest BCUT2D eigenvalue weighted by Crippen LogP contribution is -2.50. The summed E-state index contributed by atoms with van der Waals surface area (Å²) in [6.45, 7) is 7.08. The van der Waals surface area contributed by atoms with Crippen molar-refractivity contribution in [2.45, 2.75) is 88.6 Å². The van der Waals surface area contributed by atoms with Gasteiger partial charge in [0.05, 0.1) is 6.10 Å². The van der Waals surface area contributed by atoms with E-state index in [4.69, 9.17) is 0 Å². The van der Waals surface area contributed by atoms with E-state index in [1.807, 2.05) is 71.6 Å². The average Bonchev–Trinajstić information content (AvgIpc) is 3.90. The Kier molecular flexibility index (Phi) is 12.7. The van der Waals surface area contributed by atoms with Gasteiger partial charge in [-0.2, -0.15) is 0 Å². The molecule has 0 saturated carbocycles. The molecule has 0 aliphatic carbocycles. The number of fused-ring (bicyclic) bond motifs is 2. The van der Waals surface area contributed by atoms with Gasteiger partial charge in [-0.15, -0.1) is 0 Å². The van der Waals surface area contributed by atoms with E-state index in [9.17, 15) is 23.5 Å². The molecular weight excluding hydrogens is 817 g/mol. The van der Waals surface area contributed by atoms with Gasteiger partial charge in [-0.1, -0.05) is 84.9 Å². The Balaban J connectivity index is 0.736. The Hall–Kier alpha value is -5.58. The molecule has 10 heteroatoms. The largest absolute Gasteiger partial charge is 0.388 e. The van der Waals surface area contributed by atoms with E-state index < -0.39 is 6.10 Å². The van der Waals surface area contributed by atoms with Crippen molar-refractivity contribution in [1.82, 2.24) is 14.7 Å². The van der Waals surface area contributed by atoms with Crippen LogP contribution in [-0.2, 0) is 35.5 Å². The maximum absolute atomic E-state index is 14.4. The molecule has 1 N–H and O–H groups in total. The molecule has 0 aromatic heterocycles. The maximum Gasteiger partial charge on any atom is 0.245 e. The van der Waals surface area contributed by atoms with Crippen molar-refractivity contribution in [3.8, 4) is 0 Å². The van der Waals surface area contributed by atoms with E-state index in [1.165, 1.54) is 41.0 Å². The Bertz CT molecular complexity index is 2430. The van der Waals surface area contributed by atoms with Gasteiger partial charge < -0.3 is 29.6 Å². The van der Waals surface area contributed by atoms with Crippen molar-refractivity contribution < 1.29 is 23.5 Å². The number of benzene rings is 5. The van der Waals surface area contributed by atoms with Crippen LogP contribution in [0.2, 0.25) is 0 Å². The van der Waals surface area contributed by atoms with Crippen LogP contribution in [0, 0.1) is 23.5 Å². The Labute approximate surface area is 382 Å². The second-order valence-corrected chi connectivity index (χ2v) is 19.3. The van der Waals surface area contributed by atoms with E-state index in [-0.39, 0.29) is 41.5 Å². The monoisotopic (exact) mass is 877 g/mol. The number of hydrogen-bond donors (Lipinski definition) is 1. The summed E-state index contributed by atoms with van der Waals surface area (Å²) in [6.07, 6.45) is 6.54. The highest BCUT2D eigenvalue weighted by molar-refractivity contribution is 5.89. The summed E-state index contributed by atoms with van der Waals surface area (Å²) in [4.78, 5) is 39.7. The first-order valence-corrected chi connectivity index (χ1v) is 24.0. The molecule has 5 aliphatic rings. The fraction of sp³-hybridized carbons (Fsp3) is 0.418. The number of piperidine rings is 3. The fourth-order valence-electron chi connectivity index (χ4n) is 11.6. The van der Waals surface area contributed by atoms with E-state index >= 15 is 0 Å². The van der Waals surface area contributed by atoms with Gasteiger partial charge in [-0.25, -0.2) is 8.78 Å². The number of para-hydroxylation sites is 1. The summed E-state index contributed by atoms with van der Waals surface area (Å²) in [5.74, 6) is 0.950. The Morgan fingerprint density at radius 2 is 1.09 bits per heavy atom. The van der Waals surface area contributed by atoms with Gasteiger partial charge in [0, 0.05) is 70.0 Å². The lowest BCUT2D eigenvalue weighted by atomic mass is 9.87. The number of carbonyl (C=O) groups excluding carboxylic acids is 2. The van der Waals surface area contributed by atoms with Gasteiger partial charge in [0.2, 0.25) is 11.8 Å². The summed E-state index contributed by atoms with van der Waals surface area (Å²) < 4.78 is 27.6. The zero-order valence-corrected chi connectivity index (χ0v) is 37.3. The molecule has 5 aromatic rings. The second-order valence-electron chi connectivity index (χ2n) is 19.3. The number of carbonyl (C=O) groups is 2. The third-order valence-corrected chi connectivity index (χ3v) is 15.3. The first-order chi connectivity index (χ1) is 31.7. The molecule has 2 amide bonds. The number of aliphatic hydroxyl groups excluding tert-OH is 1. The van der Waals surface area contributed by atoms with Crippen molar-refractivity contribution in [1.29, 1.82) is 0 Å². The highest BCUT2D eigenvalue weighted by atomic mass is 19.1. The van der Waals surface area contributed by atoms with Crippen molar-refractivity contribution in [2.75, 3.05) is 55.6 Å². The predicted molar refractivity (Wildman–Crippen MR) is 251 cm³/mol. The molecule has 5 aliphatic heterocycles. The first-order valence-electron chi connectivity index (χ1n) is 24.0. The number of rotatable bonds is 11. The molecule has 3 atom stereocenters. The molecule has 338 valence electrons. The Morgan fingerprint density at radius 3 is 1.69 bits per heavy atom. The number of anilines is 2. The zero-order valence-electron chi connectivity index (χ0n) is 37.3. The van der Waals surface area contributed by atoms with Crippen LogP contribution >= 0.6 is 0 Å². The molecule has 0 radical (unpaired) electrons. The van der Waals surface area contributed by atoms with E-state index in [0.717, 1.165) is 99.3 Å². The molecular formula is C55H61F2N5O3. The normalized spacial score (nSPS) is 21.4. The number of nitrogens with zero attached hydrogens (tertiary/aromatic N) is 5. The highest BCUT2D eigenvalue weighted by Crippen LogP contribution is 2.40. The average molecular weight is 878 g/mol. The predicted octanol–water partition coefficient (Wildman–Crippen LogP) is 8.92. The second kappa shape index (κ2) is 19.1. The number of amides is 2. The minimum atomic E-state index is -0.532. The summed E-state index contributed by atoms with van der Waals surface area (Å²) in [6, 6.07) is 37.6. The van der Waals surface area contributed by atoms with Gasteiger partial charge in [-0.3, -0.25) is 9.59 Å². The smallest absolute Gasteiger partial charge is 0.245 e. The van der Waals surface area contributed by atoms with Crippen LogP contribution in [0.5, 0.6) is 0 Å². The van der Waals surface area contributed by atoms with Crippen molar-refractivity contribution in [2.24, 2.45) is 11.8 Å². The van der Waals surface area contributed by atoms with Crippen LogP contribution in [0.4, 0.5) is 20.2 Å². The van der Waals surface area contributed by atoms with Crippen molar-refractivity contribution in [3.63, 3.8) is 0 Å². The molecule has 0 spiro atoms. The summed E-state index contributed by atoms with van der Waals surface area (Å²) >= 11 is 0. The molecule has 3 saturated heterocycles. The Morgan fingerprint density at radius 1 is 0.569 bits per heavy atom. The van der Waals surface area contributed by atoms with Gasteiger partial charge >= 0.3 is 0 Å². The summed E-state index contributed by atoms with van der Waals surface area (Å²) in [7, 11) is 0. The lowest BCUT2D eigenvalue weighted by Gasteiger charge is -2.39. The van der Waals surface area contributed by atoms with Gasteiger partial charge in [-0.05, 0) is 139 Å². The molecule has 10 rings (SSSR count). The summed E-state index contributed by atoms with van der Waals surface area (Å²) in [5.41, 5.74) is 8.84. The van der Waals surface area contributed by atoms with Gasteiger partial charge in [0.1, 0.15) is 23.7 Å². The molecule has 65 heavy (non-hydrogen) atoms. The van der Waals surface area contributed by atoms with E-state index in [0.29, 0.717) is 50.9 Å². The van der Waals surface area contributed by atoms with Crippen molar-refractivity contribution >= 4 is 23.2 Å².